The summed E-state index contributed by atoms with van der Waals surface area (Å²) in [7, 11) is 0. The number of nitrogens with one attached hydrogen (secondary N) is 1. The molecule has 54 valence electrons. The summed E-state index contributed by atoms with van der Waals surface area (Å²) in [5.41, 5.74) is 3.44. The molecule has 1 N–H and O–H groups in total. The van der Waals surface area contributed by atoms with Crippen molar-refractivity contribution in [1.29, 1.82) is 0 Å². The zero-order valence-corrected chi connectivity index (χ0v) is 6.60. The maximum atomic E-state index is 4.12. The van der Waals surface area contributed by atoms with Crippen LogP contribution in [0.3, 0.4) is 0 Å². The van der Waals surface area contributed by atoms with E-state index < -0.39 is 0 Å². The summed E-state index contributed by atoms with van der Waals surface area (Å²) in [6.07, 6.45) is 3.77. The molecule has 0 aliphatic carbocycles. The summed E-state index contributed by atoms with van der Waals surface area (Å²) >= 11 is 0. The van der Waals surface area contributed by atoms with Crippen LogP contribution in [0, 0.1) is 6.92 Å². The number of rotatable bonds is 1. The Kier molecular flexibility index (Phi) is 1.90. The molecule has 0 bridgehead atoms. The van der Waals surface area contributed by atoms with Gasteiger partial charge in [-0.1, -0.05) is 5.57 Å². The molecule has 0 saturated carbocycles. The van der Waals surface area contributed by atoms with E-state index in [0.717, 1.165) is 11.4 Å². The quantitative estimate of drug-likeness (QED) is 0.629. The van der Waals surface area contributed by atoms with Crippen molar-refractivity contribution in [2.75, 3.05) is 0 Å². The van der Waals surface area contributed by atoms with E-state index in [1.165, 1.54) is 5.57 Å². The molecule has 1 aromatic heterocycles. The van der Waals surface area contributed by atoms with Gasteiger partial charge in [0.2, 0.25) is 0 Å². The van der Waals surface area contributed by atoms with Crippen molar-refractivity contribution < 1.29 is 0 Å². The number of aromatic amines is 1. The van der Waals surface area contributed by atoms with E-state index in [1.54, 1.807) is 6.33 Å². The number of hydrogen-bond donors (Lipinski definition) is 1. The van der Waals surface area contributed by atoms with Gasteiger partial charge in [-0.2, -0.15) is 0 Å². The van der Waals surface area contributed by atoms with Gasteiger partial charge in [0.15, 0.2) is 0 Å². The molecule has 2 nitrogen and oxygen atoms in total. The van der Waals surface area contributed by atoms with E-state index in [2.05, 4.69) is 29.9 Å². The maximum absolute atomic E-state index is 4.12. The second-order valence-corrected chi connectivity index (χ2v) is 2.63. The van der Waals surface area contributed by atoms with E-state index in [1.807, 2.05) is 6.92 Å². The van der Waals surface area contributed by atoms with Gasteiger partial charge in [0.05, 0.1) is 12.0 Å². The Bertz CT molecular complexity index is 242. The summed E-state index contributed by atoms with van der Waals surface area (Å²) in [6, 6.07) is 0. The Morgan fingerprint density at radius 2 is 2.30 bits per heavy atom. The number of aromatic nitrogens is 2. The predicted octanol–water partition coefficient (Wildman–Crippen LogP) is 2.14. The zero-order valence-electron chi connectivity index (χ0n) is 6.60. The normalized spacial score (nSPS) is 9.50. The SMILES string of the molecule is CC(C)=Cc1nc[nH]c1C. The fourth-order valence-electron chi connectivity index (χ4n) is 0.788. The van der Waals surface area contributed by atoms with E-state index in [0.29, 0.717) is 0 Å². The van der Waals surface area contributed by atoms with Gasteiger partial charge in [0, 0.05) is 5.69 Å². The first kappa shape index (κ1) is 7.06. The van der Waals surface area contributed by atoms with Crippen LogP contribution in [0.1, 0.15) is 25.2 Å². The first-order chi connectivity index (χ1) is 4.70. The van der Waals surface area contributed by atoms with Crippen molar-refractivity contribution in [2.45, 2.75) is 20.8 Å². The molecular formula is C8H12N2. The summed E-state index contributed by atoms with van der Waals surface area (Å²) in [5.74, 6) is 0. The smallest absolute Gasteiger partial charge is 0.0929 e. The average Bonchev–Trinajstić information content (AvgIpc) is 2.15. The third-order valence-electron chi connectivity index (χ3n) is 1.29. The molecule has 10 heavy (non-hydrogen) atoms. The summed E-state index contributed by atoms with van der Waals surface area (Å²) in [5, 5.41) is 0. The third-order valence-corrected chi connectivity index (χ3v) is 1.29. The summed E-state index contributed by atoms with van der Waals surface area (Å²) in [4.78, 5) is 7.14. The van der Waals surface area contributed by atoms with Crippen molar-refractivity contribution in [1.82, 2.24) is 9.97 Å². The second-order valence-electron chi connectivity index (χ2n) is 2.63. The number of H-pyrrole nitrogens is 1. The van der Waals surface area contributed by atoms with Crippen molar-refractivity contribution in [3.05, 3.63) is 23.3 Å². The first-order valence-corrected chi connectivity index (χ1v) is 3.35. The molecule has 1 heterocycles. The van der Waals surface area contributed by atoms with Crippen LogP contribution in [0.5, 0.6) is 0 Å². The van der Waals surface area contributed by atoms with Gasteiger partial charge >= 0.3 is 0 Å². The lowest BCUT2D eigenvalue weighted by Crippen LogP contribution is -1.76. The fourth-order valence-corrected chi connectivity index (χ4v) is 0.788. The Labute approximate surface area is 61.0 Å². The molecule has 0 aliphatic rings. The lowest BCUT2D eigenvalue weighted by Gasteiger charge is -1.88. The highest BCUT2D eigenvalue weighted by Crippen LogP contribution is 2.05. The molecule has 0 radical (unpaired) electrons. The van der Waals surface area contributed by atoms with Crippen LogP contribution in [-0.4, -0.2) is 9.97 Å². The molecule has 0 amide bonds. The Balaban J connectivity index is 2.95. The second kappa shape index (κ2) is 2.69. The van der Waals surface area contributed by atoms with Crippen LogP contribution in [0.4, 0.5) is 0 Å². The highest BCUT2D eigenvalue weighted by Gasteiger charge is 1.94. The molecule has 1 rings (SSSR count). The van der Waals surface area contributed by atoms with E-state index in [9.17, 15) is 0 Å². The molecule has 1 aromatic rings. The Morgan fingerprint density at radius 1 is 1.60 bits per heavy atom. The molecule has 0 aliphatic heterocycles. The Morgan fingerprint density at radius 3 is 2.70 bits per heavy atom. The molecular weight excluding hydrogens is 124 g/mol. The predicted molar refractivity (Wildman–Crippen MR) is 42.6 cm³/mol. The lowest BCUT2D eigenvalue weighted by molar-refractivity contribution is 1.25. The van der Waals surface area contributed by atoms with Gasteiger partial charge in [-0.15, -0.1) is 0 Å². The lowest BCUT2D eigenvalue weighted by atomic mass is 10.2. The van der Waals surface area contributed by atoms with E-state index in [-0.39, 0.29) is 0 Å². The molecule has 2 heteroatoms. The zero-order chi connectivity index (χ0) is 7.56. The highest BCUT2D eigenvalue weighted by molar-refractivity contribution is 5.49. The van der Waals surface area contributed by atoms with Crippen LogP contribution in [-0.2, 0) is 0 Å². The van der Waals surface area contributed by atoms with Gasteiger partial charge < -0.3 is 4.98 Å². The van der Waals surface area contributed by atoms with Gasteiger partial charge in [-0.25, -0.2) is 4.98 Å². The van der Waals surface area contributed by atoms with Crippen molar-refractivity contribution in [3.63, 3.8) is 0 Å². The minimum absolute atomic E-state index is 1.04. The molecule has 0 atom stereocenters. The van der Waals surface area contributed by atoms with Gasteiger partial charge in [-0.3, -0.25) is 0 Å². The molecule has 0 fully saturated rings. The highest BCUT2D eigenvalue weighted by atomic mass is 14.9. The molecule has 0 saturated heterocycles. The van der Waals surface area contributed by atoms with Crippen molar-refractivity contribution in [2.24, 2.45) is 0 Å². The van der Waals surface area contributed by atoms with E-state index >= 15 is 0 Å². The van der Waals surface area contributed by atoms with Gasteiger partial charge in [0.25, 0.3) is 0 Å². The monoisotopic (exact) mass is 136 g/mol. The van der Waals surface area contributed by atoms with Crippen molar-refractivity contribution >= 4 is 6.08 Å². The average molecular weight is 136 g/mol. The first-order valence-electron chi connectivity index (χ1n) is 3.35. The van der Waals surface area contributed by atoms with Crippen LogP contribution in [0.25, 0.3) is 6.08 Å². The van der Waals surface area contributed by atoms with Gasteiger partial charge in [0.1, 0.15) is 0 Å². The number of nitrogens with zero attached hydrogens (tertiary/aromatic N) is 1. The fraction of sp³-hybridized carbons (Fsp3) is 0.375. The maximum Gasteiger partial charge on any atom is 0.0929 e. The number of aryl methyl sites for hydroxylation is 1. The largest absolute Gasteiger partial charge is 0.348 e. The third kappa shape index (κ3) is 1.47. The minimum Gasteiger partial charge on any atom is -0.348 e. The van der Waals surface area contributed by atoms with Crippen LogP contribution >= 0.6 is 0 Å². The number of hydrogen-bond acceptors (Lipinski definition) is 1. The van der Waals surface area contributed by atoms with Crippen LogP contribution in [0.15, 0.2) is 11.9 Å². The van der Waals surface area contributed by atoms with Crippen LogP contribution < -0.4 is 0 Å². The van der Waals surface area contributed by atoms with Gasteiger partial charge in [-0.05, 0) is 26.8 Å². The van der Waals surface area contributed by atoms with E-state index in [4.69, 9.17) is 0 Å². The number of allylic oxidation sites excluding steroid dienone is 1. The minimum atomic E-state index is 1.04. The van der Waals surface area contributed by atoms with Crippen molar-refractivity contribution in [3.8, 4) is 0 Å². The molecule has 0 unspecified atom stereocenters. The Hall–Kier alpha value is -1.05. The summed E-state index contributed by atoms with van der Waals surface area (Å²) < 4.78 is 0. The summed E-state index contributed by atoms with van der Waals surface area (Å²) in [6.45, 7) is 6.14. The molecule has 0 spiro atoms. The molecule has 0 aromatic carbocycles. The standard InChI is InChI=1S/C8H12N2/c1-6(2)4-8-7(3)9-5-10-8/h4-5H,1-3H3,(H,9,10). The topological polar surface area (TPSA) is 28.7 Å². The number of imidazole rings is 1. The van der Waals surface area contributed by atoms with Crippen LogP contribution in [0.2, 0.25) is 0 Å².